The van der Waals surface area contributed by atoms with E-state index in [1.807, 2.05) is 0 Å². The maximum atomic E-state index is 13.6. The summed E-state index contributed by atoms with van der Waals surface area (Å²) in [5.74, 6) is -1.20. The van der Waals surface area contributed by atoms with Gasteiger partial charge < -0.3 is 0 Å². The van der Waals surface area contributed by atoms with E-state index in [0.29, 0.717) is 8.87 Å². The van der Waals surface area contributed by atoms with Gasteiger partial charge in [-0.3, -0.25) is 0 Å². The van der Waals surface area contributed by atoms with Gasteiger partial charge in [-0.1, -0.05) is 0 Å². The summed E-state index contributed by atoms with van der Waals surface area (Å²) in [5, 5.41) is 2.59. The van der Waals surface area contributed by atoms with Crippen molar-refractivity contribution < 1.29 is 22.4 Å². The van der Waals surface area contributed by atoms with E-state index >= 15 is 0 Å². The Morgan fingerprint density at radius 2 is 1.92 bits per heavy atom. The monoisotopic (exact) mass is 448 g/mol. The van der Waals surface area contributed by atoms with Crippen LogP contribution in [0, 0.1) is 5.82 Å². The van der Waals surface area contributed by atoms with Crippen molar-refractivity contribution in [1.29, 1.82) is 0 Å². The molecule has 0 aliphatic rings. The Morgan fingerprint density at radius 3 is 2.62 bits per heavy atom. The molecule has 0 saturated carbocycles. The van der Waals surface area contributed by atoms with Gasteiger partial charge in [-0.25, -0.2) is 0 Å². The molecule has 3 rings (SSSR count). The normalized spacial score (nSPS) is 11.4. The van der Waals surface area contributed by atoms with Gasteiger partial charge in [0.2, 0.25) is 0 Å². The molecule has 0 radical (unpaired) electrons. The van der Waals surface area contributed by atoms with Crippen molar-refractivity contribution in [2.45, 2.75) is 6.18 Å². The van der Waals surface area contributed by atoms with E-state index in [-0.39, 0.29) is 16.3 Å². The molecular weight excluding hydrogens is 439 g/mol. The first-order valence-corrected chi connectivity index (χ1v) is 9.22. The number of nitrogens with zero attached hydrogens (tertiary/aromatic N) is 1. The molecule has 0 saturated heterocycles. The molecule has 0 unspecified atom stereocenters. The van der Waals surface area contributed by atoms with E-state index in [9.17, 15) is 22.4 Å². The minimum absolute atomic E-state index is 0.0211. The predicted molar refractivity (Wildman–Crippen MR) is 91.0 cm³/mol. The number of benzene rings is 1. The summed E-state index contributed by atoms with van der Waals surface area (Å²) < 4.78 is 53.1. The molecule has 2 heterocycles. The fraction of sp³-hybridized carbons (Fsp3) is 0.0588. The molecule has 2 aromatic heterocycles. The fourth-order valence-electron chi connectivity index (χ4n) is 2.16. The van der Waals surface area contributed by atoms with Gasteiger partial charge in [0, 0.05) is 0 Å². The van der Waals surface area contributed by atoms with Gasteiger partial charge in [0.15, 0.2) is 0 Å². The van der Waals surface area contributed by atoms with Crippen LogP contribution >= 0.6 is 11.6 Å². The van der Waals surface area contributed by atoms with Crippen molar-refractivity contribution >= 4 is 37.7 Å². The first-order chi connectivity index (χ1) is 12.3. The number of aromatic nitrogens is 1. The number of alkyl halides is 3. The van der Waals surface area contributed by atoms with Crippen LogP contribution in [0.1, 0.15) is 14.8 Å². The molecule has 3 aromatic rings. The molecular formula is C17H9ClF4N2OSe. The number of amides is 1. The van der Waals surface area contributed by atoms with E-state index in [1.165, 1.54) is 24.4 Å². The molecule has 1 N–H and O–H groups in total. The van der Waals surface area contributed by atoms with Gasteiger partial charge in [-0.05, 0) is 0 Å². The molecule has 0 spiro atoms. The van der Waals surface area contributed by atoms with E-state index < -0.39 is 38.0 Å². The van der Waals surface area contributed by atoms with Crippen molar-refractivity contribution in [3.8, 4) is 10.0 Å². The third-order valence-electron chi connectivity index (χ3n) is 3.41. The molecule has 1 amide bonds. The van der Waals surface area contributed by atoms with Crippen molar-refractivity contribution in [2.24, 2.45) is 0 Å². The zero-order chi connectivity index (χ0) is 18.9. The molecule has 26 heavy (non-hydrogen) atoms. The van der Waals surface area contributed by atoms with Crippen molar-refractivity contribution in [2.75, 3.05) is 5.32 Å². The molecule has 0 fully saturated rings. The van der Waals surface area contributed by atoms with Gasteiger partial charge in [-0.2, -0.15) is 0 Å². The van der Waals surface area contributed by atoms with Crippen molar-refractivity contribution in [1.82, 2.24) is 4.98 Å². The Bertz CT molecular complexity index is 971. The second-order valence-corrected chi connectivity index (χ2v) is 7.85. The second kappa shape index (κ2) is 7.23. The summed E-state index contributed by atoms with van der Waals surface area (Å²) in [7, 11) is 0. The molecule has 0 atom stereocenters. The summed E-state index contributed by atoms with van der Waals surface area (Å²) in [6.07, 6.45) is -2.19. The third-order valence-corrected chi connectivity index (χ3v) is 6.08. The molecule has 0 aliphatic heterocycles. The number of hydrogen-bond donors (Lipinski definition) is 1. The number of rotatable bonds is 3. The van der Waals surface area contributed by atoms with Crippen LogP contribution in [0.2, 0.25) is 5.02 Å². The molecule has 1 aromatic carbocycles. The number of nitrogens with one attached hydrogen (secondary N) is 1. The SMILES string of the molecule is O=C(Nc1ccncc1F)c1ccc(-c2cc(C(F)(F)F)ccc2Cl)[se]1. The van der Waals surface area contributed by atoms with Gasteiger partial charge in [0.1, 0.15) is 0 Å². The number of carbonyl (C=O) groups excluding carboxylic acids is 1. The molecule has 9 heteroatoms. The van der Waals surface area contributed by atoms with Gasteiger partial charge in [-0.15, -0.1) is 0 Å². The first-order valence-electron chi connectivity index (χ1n) is 7.13. The van der Waals surface area contributed by atoms with Crippen LogP contribution in [0.3, 0.4) is 0 Å². The Hall–Kier alpha value is -2.15. The Morgan fingerprint density at radius 1 is 1.15 bits per heavy atom. The van der Waals surface area contributed by atoms with Gasteiger partial charge in [0.25, 0.3) is 0 Å². The Labute approximate surface area is 156 Å². The van der Waals surface area contributed by atoms with Crippen molar-refractivity contribution in [3.05, 3.63) is 69.6 Å². The average Bonchev–Trinajstić information content (AvgIpc) is 3.06. The zero-order valence-electron chi connectivity index (χ0n) is 12.8. The minimum atomic E-state index is -4.49. The standard InChI is InChI=1S/C17H9ClF4N2OSe/c18-11-2-1-9(17(20,21)22)7-10(11)14-3-4-15(26-14)16(25)24-13-5-6-23-8-12(13)19/h1-8H,(H,23,24,25). The van der Waals surface area contributed by atoms with Gasteiger partial charge in [0.05, 0.1) is 0 Å². The number of hydrogen-bond acceptors (Lipinski definition) is 2. The van der Waals surface area contributed by atoms with E-state index in [2.05, 4.69) is 10.3 Å². The number of pyridine rings is 1. The van der Waals surface area contributed by atoms with E-state index in [4.69, 9.17) is 11.6 Å². The quantitative estimate of drug-likeness (QED) is 0.460. The van der Waals surface area contributed by atoms with E-state index in [1.54, 1.807) is 6.07 Å². The third kappa shape index (κ3) is 3.98. The summed E-state index contributed by atoms with van der Waals surface area (Å²) >= 11 is 5.46. The van der Waals surface area contributed by atoms with E-state index in [0.717, 1.165) is 18.3 Å². The van der Waals surface area contributed by atoms with Gasteiger partial charge >= 0.3 is 156 Å². The van der Waals surface area contributed by atoms with Crippen LogP contribution in [0.5, 0.6) is 0 Å². The Balaban J connectivity index is 1.88. The first kappa shape index (κ1) is 18.6. The fourth-order valence-corrected chi connectivity index (χ4v) is 4.46. The molecule has 0 aliphatic carbocycles. The van der Waals surface area contributed by atoms with Crippen molar-refractivity contribution in [3.63, 3.8) is 0 Å². The summed E-state index contributed by atoms with van der Waals surface area (Å²) in [4.78, 5) is 15.8. The second-order valence-electron chi connectivity index (χ2n) is 5.17. The summed E-state index contributed by atoms with van der Waals surface area (Å²) in [6, 6.07) is 7.42. The van der Waals surface area contributed by atoms with Crippen LogP contribution in [0.15, 0.2) is 48.8 Å². The maximum absolute atomic E-state index is 13.6. The number of anilines is 1. The van der Waals surface area contributed by atoms with Crippen LogP contribution in [0.4, 0.5) is 23.2 Å². The predicted octanol–water partition coefficient (Wildman–Crippen LogP) is 4.87. The van der Waals surface area contributed by atoms with Crippen LogP contribution in [-0.2, 0) is 6.18 Å². The van der Waals surface area contributed by atoms with Crippen LogP contribution in [0.25, 0.3) is 10.0 Å². The Kier molecular flexibility index (Phi) is 5.18. The molecule has 134 valence electrons. The average molecular weight is 448 g/mol. The molecule has 0 bridgehead atoms. The number of halogens is 5. The van der Waals surface area contributed by atoms with Crippen LogP contribution in [-0.4, -0.2) is 25.4 Å². The summed E-state index contributed by atoms with van der Waals surface area (Å²) in [6.45, 7) is 0. The zero-order valence-corrected chi connectivity index (χ0v) is 15.2. The number of carbonyl (C=O) groups is 1. The molecule has 3 nitrogen and oxygen atoms in total. The topological polar surface area (TPSA) is 42.0 Å². The van der Waals surface area contributed by atoms with Crippen LogP contribution < -0.4 is 5.32 Å². The summed E-state index contributed by atoms with van der Waals surface area (Å²) in [5.41, 5.74) is -0.603.